The van der Waals surface area contributed by atoms with Crippen LogP contribution < -0.4 is 10.2 Å². The third-order valence-electron chi connectivity index (χ3n) is 3.01. The minimum atomic E-state index is 0.224. The van der Waals surface area contributed by atoms with E-state index in [4.69, 9.17) is 10.5 Å². The van der Waals surface area contributed by atoms with Gasteiger partial charge in [0.1, 0.15) is 0 Å². The lowest BCUT2D eigenvalue weighted by Crippen LogP contribution is -2.51. The maximum atomic E-state index is 8.82. The fraction of sp³-hybridized carbons (Fsp3) is 0.385. The second-order valence-corrected chi connectivity index (χ2v) is 4.07. The highest BCUT2D eigenvalue weighted by molar-refractivity contribution is 5.51. The zero-order valence-electron chi connectivity index (χ0n) is 9.56. The Balaban J connectivity index is 2.18. The molecule has 0 bridgehead atoms. The molecular formula is C13H14N4. The van der Waals surface area contributed by atoms with Gasteiger partial charge in [0.05, 0.1) is 30.2 Å². The van der Waals surface area contributed by atoms with Crippen molar-refractivity contribution in [3.8, 4) is 12.1 Å². The van der Waals surface area contributed by atoms with Crippen LogP contribution >= 0.6 is 0 Å². The van der Waals surface area contributed by atoms with Gasteiger partial charge < -0.3 is 10.2 Å². The van der Waals surface area contributed by atoms with Gasteiger partial charge in [0.15, 0.2) is 0 Å². The molecule has 1 atom stereocenters. The van der Waals surface area contributed by atoms with Crippen molar-refractivity contribution in [3.63, 3.8) is 0 Å². The molecule has 0 aromatic heterocycles. The fourth-order valence-electron chi connectivity index (χ4n) is 2.12. The first kappa shape index (κ1) is 11.4. The summed E-state index contributed by atoms with van der Waals surface area (Å²) in [6.45, 7) is 2.67. The van der Waals surface area contributed by atoms with E-state index in [9.17, 15) is 0 Å². The topological polar surface area (TPSA) is 62.9 Å². The number of hydrogen-bond acceptors (Lipinski definition) is 4. The van der Waals surface area contributed by atoms with E-state index in [0.29, 0.717) is 12.0 Å². The number of hydrogen-bond donors (Lipinski definition) is 1. The van der Waals surface area contributed by atoms with Gasteiger partial charge in [-0.15, -0.1) is 0 Å². The fourth-order valence-corrected chi connectivity index (χ4v) is 2.12. The SMILES string of the molecule is N#CCC1CNCCN1c1ccc(C#N)cc1. The number of rotatable bonds is 2. The summed E-state index contributed by atoms with van der Waals surface area (Å²) in [6.07, 6.45) is 0.521. The van der Waals surface area contributed by atoms with Gasteiger partial charge in [-0.25, -0.2) is 0 Å². The number of anilines is 1. The molecule has 4 heteroatoms. The summed E-state index contributed by atoms with van der Waals surface area (Å²) in [7, 11) is 0. The van der Waals surface area contributed by atoms with Crippen molar-refractivity contribution < 1.29 is 0 Å². The predicted octanol–water partition coefficient (Wildman–Crippen LogP) is 1.25. The van der Waals surface area contributed by atoms with Crippen LogP contribution in [0.4, 0.5) is 5.69 Å². The Morgan fingerprint density at radius 1 is 1.29 bits per heavy atom. The minimum absolute atomic E-state index is 0.224. The van der Waals surface area contributed by atoms with Crippen molar-refractivity contribution in [2.75, 3.05) is 24.5 Å². The standard InChI is InChI=1S/C13H14N4/c14-6-5-13-10-16-7-8-17(13)12-3-1-11(9-15)2-4-12/h1-4,13,16H,5,7-8,10H2. The minimum Gasteiger partial charge on any atom is -0.365 e. The summed E-state index contributed by atoms with van der Waals surface area (Å²) in [5.41, 5.74) is 1.76. The van der Waals surface area contributed by atoms with Crippen LogP contribution in [0.5, 0.6) is 0 Å². The highest BCUT2D eigenvalue weighted by Crippen LogP contribution is 2.20. The molecule has 0 spiro atoms. The highest BCUT2D eigenvalue weighted by atomic mass is 15.2. The van der Waals surface area contributed by atoms with Gasteiger partial charge in [0, 0.05) is 25.3 Å². The van der Waals surface area contributed by atoms with Crippen molar-refractivity contribution in [1.29, 1.82) is 10.5 Å². The van der Waals surface area contributed by atoms with Crippen LogP contribution in [0.25, 0.3) is 0 Å². The van der Waals surface area contributed by atoms with Crippen molar-refractivity contribution >= 4 is 5.69 Å². The van der Waals surface area contributed by atoms with Crippen LogP contribution in [0.1, 0.15) is 12.0 Å². The van der Waals surface area contributed by atoms with Crippen LogP contribution in [-0.4, -0.2) is 25.7 Å². The summed E-state index contributed by atoms with van der Waals surface area (Å²) in [5.74, 6) is 0. The molecule has 4 nitrogen and oxygen atoms in total. The average molecular weight is 226 g/mol. The predicted molar refractivity (Wildman–Crippen MR) is 65.4 cm³/mol. The summed E-state index contributed by atoms with van der Waals surface area (Å²) in [6, 6.07) is 12.1. The first-order valence-corrected chi connectivity index (χ1v) is 5.69. The van der Waals surface area contributed by atoms with Gasteiger partial charge in [-0.1, -0.05) is 0 Å². The van der Waals surface area contributed by atoms with Crippen molar-refractivity contribution in [3.05, 3.63) is 29.8 Å². The van der Waals surface area contributed by atoms with Crippen molar-refractivity contribution in [1.82, 2.24) is 5.32 Å². The van der Waals surface area contributed by atoms with Gasteiger partial charge in [0.2, 0.25) is 0 Å². The van der Waals surface area contributed by atoms with E-state index in [2.05, 4.69) is 22.4 Å². The molecule has 86 valence electrons. The summed E-state index contributed by atoms with van der Waals surface area (Å²) >= 11 is 0. The monoisotopic (exact) mass is 226 g/mol. The molecule has 1 heterocycles. The van der Waals surface area contributed by atoms with Crippen LogP contribution in [0, 0.1) is 22.7 Å². The van der Waals surface area contributed by atoms with Crippen molar-refractivity contribution in [2.24, 2.45) is 0 Å². The smallest absolute Gasteiger partial charge is 0.0991 e. The lowest BCUT2D eigenvalue weighted by Gasteiger charge is -2.36. The van der Waals surface area contributed by atoms with E-state index in [1.165, 1.54) is 0 Å². The van der Waals surface area contributed by atoms with Gasteiger partial charge in [-0.3, -0.25) is 0 Å². The average Bonchev–Trinajstić information content (AvgIpc) is 2.40. The molecule has 1 aromatic carbocycles. The molecule has 1 N–H and O–H groups in total. The number of nitrogens with one attached hydrogen (secondary N) is 1. The molecule has 0 amide bonds. The largest absolute Gasteiger partial charge is 0.365 e. The third-order valence-corrected chi connectivity index (χ3v) is 3.01. The Morgan fingerprint density at radius 3 is 2.71 bits per heavy atom. The molecule has 2 rings (SSSR count). The van der Waals surface area contributed by atoms with Gasteiger partial charge in [0.25, 0.3) is 0 Å². The zero-order chi connectivity index (χ0) is 12.1. The molecule has 0 aliphatic carbocycles. The summed E-state index contributed by atoms with van der Waals surface area (Å²) in [5, 5.41) is 20.9. The van der Waals surface area contributed by atoms with E-state index >= 15 is 0 Å². The van der Waals surface area contributed by atoms with E-state index in [-0.39, 0.29) is 6.04 Å². The number of nitrogens with zero attached hydrogens (tertiary/aromatic N) is 3. The second-order valence-electron chi connectivity index (χ2n) is 4.07. The Morgan fingerprint density at radius 2 is 2.06 bits per heavy atom. The van der Waals surface area contributed by atoms with Crippen LogP contribution in [-0.2, 0) is 0 Å². The Labute approximate surface area is 101 Å². The van der Waals surface area contributed by atoms with Crippen molar-refractivity contribution in [2.45, 2.75) is 12.5 Å². The zero-order valence-corrected chi connectivity index (χ0v) is 9.56. The molecule has 1 unspecified atom stereocenters. The maximum absolute atomic E-state index is 8.82. The third kappa shape index (κ3) is 2.55. The normalized spacial score (nSPS) is 19.4. The van der Waals surface area contributed by atoms with Gasteiger partial charge in [-0.05, 0) is 24.3 Å². The lowest BCUT2D eigenvalue weighted by molar-refractivity contribution is 0.481. The highest BCUT2D eigenvalue weighted by Gasteiger charge is 2.21. The molecule has 17 heavy (non-hydrogen) atoms. The molecule has 0 radical (unpaired) electrons. The van der Waals surface area contributed by atoms with Crippen LogP contribution in [0.2, 0.25) is 0 Å². The Hall–Kier alpha value is -2.04. The number of piperazine rings is 1. The Kier molecular flexibility index (Phi) is 3.59. The van der Waals surface area contributed by atoms with E-state index in [0.717, 1.165) is 25.3 Å². The number of nitriles is 2. The summed E-state index contributed by atoms with van der Waals surface area (Å²) < 4.78 is 0. The molecular weight excluding hydrogens is 212 g/mol. The van der Waals surface area contributed by atoms with Gasteiger partial charge >= 0.3 is 0 Å². The molecule has 0 saturated carbocycles. The first-order valence-electron chi connectivity index (χ1n) is 5.69. The van der Waals surface area contributed by atoms with Crippen LogP contribution in [0.15, 0.2) is 24.3 Å². The van der Waals surface area contributed by atoms with Gasteiger partial charge in [-0.2, -0.15) is 10.5 Å². The quantitative estimate of drug-likeness (QED) is 0.824. The molecule has 1 aromatic rings. The molecule has 1 aliphatic rings. The summed E-state index contributed by atoms with van der Waals surface area (Å²) in [4.78, 5) is 2.24. The van der Waals surface area contributed by atoms with E-state index in [1.54, 1.807) is 0 Å². The van der Waals surface area contributed by atoms with E-state index < -0.39 is 0 Å². The van der Waals surface area contributed by atoms with Crippen LogP contribution in [0.3, 0.4) is 0 Å². The molecule has 1 saturated heterocycles. The lowest BCUT2D eigenvalue weighted by atomic mass is 10.1. The molecule has 1 aliphatic heterocycles. The molecule has 1 fully saturated rings. The second kappa shape index (κ2) is 5.34. The Bertz CT molecular complexity index is 452. The number of benzene rings is 1. The first-order chi connectivity index (χ1) is 8.35. The maximum Gasteiger partial charge on any atom is 0.0991 e. The van der Waals surface area contributed by atoms with E-state index in [1.807, 2.05) is 24.3 Å².